The van der Waals surface area contributed by atoms with Crippen LogP contribution in [0.3, 0.4) is 0 Å². The van der Waals surface area contributed by atoms with Crippen molar-refractivity contribution in [3.63, 3.8) is 0 Å². The Morgan fingerprint density at radius 2 is 2.06 bits per heavy atom. The first-order valence-electron chi connectivity index (χ1n) is 6.00. The Kier molecular flexibility index (Phi) is 3.54. The molecule has 1 unspecified atom stereocenters. The molecule has 1 aliphatic rings. The minimum Gasteiger partial charge on any atom is -0.496 e. The maximum absolute atomic E-state index is 5.68. The van der Waals surface area contributed by atoms with Crippen molar-refractivity contribution in [2.45, 2.75) is 39.7 Å². The SMILES string of the molecule is Cc1oc(C)c(C(NN)C2=CCCCO2)c1C. The van der Waals surface area contributed by atoms with Crippen LogP contribution in [0.1, 0.15) is 41.5 Å². The Morgan fingerprint density at radius 3 is 2.53 bits per heavy atom. The summed E-state index contributed by atoms with van der Waals surface area (Å²) in [4.78, 5) is 0. The molecule has 0 radical (unpaired) electrons. The van der Waals surface area contributed by atoms with Gasteiger partial charge < -0.3 is 9.15 Å². The Balaban J connectivity index is 2.37. The number of furan rings is 1. The average molecular weight is 236 g/mol. The van der Waals surface area contributed by atoms with E-state index < -0.39 is 0 Å². The molecule has 0 saturated heterocycles. The van der Waals surface area contributed by atoms with Crippen molar-refractivity contribution in [1.82, 2.24) is 5.43 Å². The minimum atomic E-state index is -0.104. The molecule has 0 amide bonds. The molecule has 17 heavy (non-hydrogen) atoms. The van der Waals surface area contributed by atoms with Crippen molar-refractivity contribution >= 4 is 0 Å². The lowest BCUT2D eigenvalue weighted by Crippen LogP contribution is -2.31. The number of ether oxygens (including phenoxy) is 1. The van der Waals surface area contributed by atoms with Crippen LogP contribution in [0.25, 0.3) is 0 Å². The van der Waals surface area contributed by atoms with E-state index in [-0.39, 0.29) is 6.04 Å². The molecule has 4 heteroatoms. The molecule has 0 aromatic carbocycles. The highest BCUT2D eigenvalue weighted by Gasteiger charge is 2.25. The summed E-state index contributed by atoms with van der Waals surface area (Å²) in [6, 6.07) is -0.104. The lowest BCUT2D eigenvalue weighted by molar-refractivity contribution is 0.167. The van der Waals surface area contributed by atoms with Gasteiger partial charge in [0.1, 0.15) is 23.3 Å². The van der Waals surface area contributed by atoms with Crippen LogP contribution in [0.15, 0.2) is 16.3 Å². The second-order valence-electron chi connectivity index (χ2n) is 4.45. The van der Waals surface area contributed by atoms with Gasteiger partial charge in [-0.15, -0.1) is 0 Å². The summed E-state index contributed by atoms with van der Waals surface area (Å²) >= 11 is 0. The lowest BCUT2D eigenvalue weighted by atomic mass is 9.99. The summed E-state index contributed by atoms with van der Waals surface area (Å²) in [5.41, 5.74) is 5.06. The summed E-state index contributed by atoms with van der Waals surface area (Å²) < 4.78 is 11.3. The number of hydrogen-bond donors (Lipinski definition) is 2. The van der Waals surface area contributed by atoms with Crippen molar-refractivity contribution in [3.05, 3.63) is 34.5 Å². The summed E-state index contributed by atoms with van der Waals surface area (Å²) in [7, 11) is 0. The highest BCUT2D eigenvalue weighted by Crippen LogP contribution is 2.32. The van der Waals surface area contributed by atoms with E-state index in [9.17, 15) is 0 Å². The van der Waals surface area contributed by atoms with Crippen LogP contribution in [-0.4, -0.2) is 6.61 Å². The van der Waals surface area contributed by atoms with Gasteiger partial charge in [0.2, 0.25) is 0 Å². The van der Waals surface area contributed by atoms with E-state index in [1.807, 2.05) is 13.8 Å². The van der Waals surface area contributed by atoms with Crippen LogP contribution < -0.4 is 11.3 Å². The topological polar surface area (TPSA) is 60.4 Å². The Labute approximate surface area is 102 Å². The monoisotopic (exact) mass is 236 g/mol. The maximum atomic E-state index is 5.68. The standard InChI is InChI=1S/C13H20N2O2/c1-8-9(2)17-10(3)12(8)13(15-14)11-6-4-5-7-16-11/h6,13,15H,4-5,7,14H2,1-3H3. The van der Waals surface area contributed by atoms with E-state index in [4.69, 9.17) is 15.0 Å². The van der Waals surface area contributed by atoms with E-state index >= 15 is 0 Å². The molecule has 0 aliphatic carbocycles. The van der Waals surface area contributed by atoms with Crippen LogP contribution >= 0.6 is 0 Å². The second kappa shape index (κ2) is 4.94. The number of aryl methyl sites for hydroxylation is 2. The fraction of sp³-hybridized carbons (Fsp3) is 0.538. The minimum absolute atomic E-state index is 0.104. The molecule has 0 bridgehead atoms. The summed E-state index contributed by atoms with van der Waals surface area (Å²) in [6.45, 7) is 6.74. The van der Waals surface area contributed by atoms with Crippen molar-refractivity contribution in [2.75, 3.05) is 6.61 Å². The molecule has 2 rings (SSSR count). The molecule has 3 N–H and O–H groups in total. The summed E-state index contributed by atoms with van der Waals surface area (Å²) in [5.74, 6) is 8.42. The van der Waals surface area contributed by atoms with Gasteiger partial charge in [-0.1, -0.05) is 0 Å². The zero-order valence-corrected chi connectivity index (χ0v) is 10.7. The van der Waals surface area contributed by atoms with E-state index in [0.717, 1.165) is 47.9 Å². The molecular weight excluding hydrogens is 216 g/mol. The quantitative estimate of drug-likeness (QED) is 0.625. The number of hydrogen-bond acceptors (Lipinski definition) is 4. The van der Waals surface area contributed by atoms with Gasteiger partial charge in [0, 0.05) is 5.56 Å². The van der Waals surface area contributed by atoms with Crippen molar-refractivity contribution < 1.29 is 9.15 Å². The highest BCUT2D eigenvalue weighted by molar-refractivity contribution is 5.38. The Hall–Kier alpha value is -1.26. The number of rotatable bonds is 3. The van der Waals surface area contributed by atoms with E-state index in [2.05, 4.69) is 18.4 Å². The fourth-order valence-electron chi connectivity index (χ4n) is 2.32. The van der Waals surface area contributed by atoms with Crippen LogP contribution in [0.4, 0.5) is 0 Å². The van der Waals surface area contributed by atoms with Crippen molar-refractivity contribution in [2.24, 2.45) is 5.84 Å². The smallest absolute Gasteiger partial charge is 0.115 e. The first kappa shape index (κ1) is 12.2. The molecule has 94 valence electrons. The lowest BCUT2D eigenvalue weighted by Gasteiger charge is -2.23. The van der Waals surface area contributed by atoms with Crippen molar-refractivity contribution in [3.8, 4) is 0 Å². The summed E-state index contributed by atoms with van der Waals surface area (Å²) in [5, 5.41) is 0. The van der Waals surface area contributed by atoms with Crippen LogP contribution in [-0.2, 0) is 4.74 Å². The van der Waals surface area contributed by atoms with Gasteiger partial charge in [-0.25, -0.2) is 5.43 Å². The molecule has 4 nitrogen and oxygen atoms in total. The van der Waals surface area contributed by atoms with Gasteiger partial charge in [-0.2, -0.15) is 0 Å². The maximum Gasteiger partial charge on any atom is 0.115 e. The zero-order valence-electron chi connectivity index (χ0n) is 10.7. The molecule has 1 aromatic heterocycles. The number of nitrogens with two attached hydrogens (primary N) is 1. The van der Waals surface area contributed by atoms with Crippen molar-refractivity contribution in [1.29, 1.82) is 0 Å². The van der Waals surface area contributed by atoms with Gasteiger partial charge in [0.25, 0.3) is 0 Å². The van der Waals surface area contributed by atoms with E-state index in [1.165, 1.54) is 0 Å². The Morgan fingerprint density at radius 1 is 1.29 bits per heavy atom. The normalized spacial score (nSPS) is 17.5. The second-order valence-corrected chi connectivity index (χ2v) is 4.45. The summed E-state index contributed by atoms with van der Waals surface area (Å²) in [6.07, 6.45) is 4.22. The predicted octanol–water partition coefficient (Wildman–Crippen LogP) is 2.40. The molecule has 2 heterocycles. The van der Waals surface area contributed by atoms with Gasteiger partial charge in [0.05, 0.1) is 6.61 Å². The molecule has 1 aliphatic heterocycles. The molecule has 1 aromatic rings. The van der Waals surface area contributed by atoms with Gasteiger partial charge >= 0.3 is 0 Å². The third-order valence-corrected chi connectivity index (χ3v) is 3.32. The average Bonchev–Trinajstić information content (AvgIpc) is 2.58. The van der Waals surface area contributed by atoms with Crippen LogP contribution in [0.5, 0.6) is 0 Å². The third-order valence-electron chi connectivity index (χ3n) is 3.32. The van der Waals surface area contributed by atoms with Crippen LogP contribution in [0.2, 0.25) is 0 Å². The van der Waals surface area contributed by atoms with Gasteiger partial charge in [-0.3, -0.25) is 5.84 Å². The first-order valence-corrected chi connectivity index (χ1v) is 6.00. The molecule has 0 saturated carbocycles. The van der Waals surface area contributed by atoms with Gasteiger partial charge in [-0.05, 0) is 45.3 Å². The van der Waals surface area contributed by atoms with Crippen LogP contribution in [0, 0.1) is 20.8 Å². The van der Waals surface area contributed by atoms with Gasteiger partial charge in [0.15, 0.2) is 0 Å². The number of allylic oxidation sites excluding steroid dienone is 1. The van der Waals surface area contributed by atoms with E-state index in [0.29, 0.717) is 0 Å². The molecule has 1 atom stereocenters. The highest BCUT2D eigenvalue weighted by atomic mass is 16.5. The first-order chi connectivity index (χ1) is 8.15. The number of hydrazine groups is 1. The zero-order chi connectivity index (χ0) is 12.4. The third kappa shape index (κ3) is 2.23. The fourth-order valence-corrected chi connectivity index (χ4v) is 2.32. The molecular formula is C13H20N2O2. The Bertz CT molecular complexity index is 435. The molecule has 0 spiro atoms. The van der Waals surface area contributed by atoms with E-state index in [1.54, 1.807) is 0 Å². The number of nitrogens with one attached hydrogen (secondary N) is 1. The largest absolute Gasteiger partial charge is 0.496 e. The predicted molar refractivity (Wildman–Crippen MR) is 66.3 cm³/mol. The molecule has 0 fully saturated rings.